The van der Waals surface area contributed by atoms with E-state index in [0.717, 1.165) is 36.6 Å². The minimum Gasteiger partial charge on any atom is -0.380 e. The number of anilines is 2. The Morgan fingerprint density at radius 1 is 1.17 bits per heavy atom. The normalized spacial score (nSPS) is 24.8. The van der Waals surface area contributed by atoms with Gasteiger partial charge >= 0.3 is 12.2 Å². The Morgan fingerprint density at radius 2 is 1.98 bits per heavy atom. The summed E-state index contributed by atoms with van der Waals surface area (Å²) < 4.78 is 50.6. The average molecular weight is 645 g/mol. The van der Waals surface area contributed by atoms with Crippen LogP contribution in [0.4, 0.5) is 29.5 Å². The Balaban J connectivity index is 1.24. The fourth-order valence-corrected chi connectivity index (χ4v) is 7.09. The van der Waals surface area contributed by atoms with Gasteiger partial charge in [0.25, 0.3) is 0 Å². The lowest BCUT2D eigenvalue weighted by atomic mass is 9.84. The van der Waals surface area contributed by atoms with Gasteiger partial charge in [-0.3, -0.25) is 19.4 Å². The number of carbonyl (C=O) groups is 2. The summed E-state index contributed by atoms with van der Waals surface area (Å²) in [7, 11) is 0. The fourth-order valence-electron chi connectivity index (χ4n) is 7.09. The molecule has 2 N–H and O–H groups in total. The van der Waals surface area contributed by atoms with Gasteiger partial charge < -0.3 is 20.1 Å². The molecule has 2 atom stereocenters. The molecule has 0 radical (unpaired) electrons. The van der Waals surface area contributed by atoms with Crippen LogP contribution in [0.15, 0.2) is 18.5 Å². The minimum atomic E-state index is -4.77. The summed E-state index contributed by atoms with van der Waals surface area (Å²) in [6.45, 7) is 5.72. The van der Waals surface area contributed by atoms with Crippen LogP contribution in [-0.2, 0) is 16.1 Å². The van der Waals surface area contributed by atoms with E-state index in [-0.39, 0.29) is 24.6 Å². The van der Waals surface area contributed by atoms with E-state index in [1.54, 1.807) is 22.0 Å². The highest BCUT2D eigenvalue weighted by atomic mass is 19.4. The van der Waals surface area contributed by atoms with E-state index in [0.29, 0.717) is 61.9 Å². The predicted molar refractivity (Wildman–Crippen MR) is 162 cm³/mol. The van der Waals surface area contributed by atoms with Crippen LogP contribution in [0.1, 0.15) is 77.9 Å². The molecule has 7 rings (SSSR count). The Kier molecular flexibility index (Phi) is 7.54. The van der Waals surface area contributed by atoms with Gasteiger partial charge in [0.1, 0.15) is 11.9 Å². The third kappa shape index (κ3) is 5.40. The highest BCUT2D eigenvalue weighted by Gasteiger charge is 2.65. The van der Waals surface area contributed by atoms with Gasteiger partial charge in [-0.1, -0.05) is 13.8 Å². The molecule has 12 nitrogen and oxygen atoms in total. The van der Waals surface area contributed by atoms with Crippen LogP contribution in [-0.4, -0.2) is 83.5 Å². The SMILES string of the molecule is CC(C)Cn1nc(N2CCCC2=O)c2cnc(-c3nn(C4CCCCO4)cc3NC(=O)N3CCC(O)(C(F)(F)F)CC34CC4)cc21. The van der Waals surface area contributed by atoms with Crippen LogP contribution >= 0.6 is 0 Å². The zero-order valence-electron chi connectivity index (χ0n) is 26.0. The molecule has 15 heteroatoms. The maximum atomic E-state index is 13.7. The first-order chi connectivity index (χ1) is 21.9. The van der Waals surface area contributed by atoms with Gasteiger partial charge in [-0.15, -0.1) is 0 Å². The highest BCUT2D eigenvalue weighted by molar-refractivity contribution is 6.03. The number of likely N-dealkylation sites (tertiary alicyclic amines) is 1. The second-order valence-corrected chi connectivity index (χ2v) is 13.6. The standard InChI is InChI=1S/C31H39F3N8O4/c1-19(2)16-41-23-14-21(35-15-20(23)27(38-41)39-11-5-6-24(39)43)26-22(17-42(37-26)25-7-3-4-13-46-25)36-28(44)40-12-10-30(45,31(32,33)34)18-29(40)8-9-29/h14-15,17,19,25,45H,3-13,16,18H2,1-2H3,(H,36,44). The van der Waals surface area contributed by atoms with E-state index in [2.05, 4.69) is 19.2 Å². The van der Waals surface area contributed by atoms with E-state index >= 15 is 0 Å². The van der Waals surface area contributed by atoms with Crippen molar-refractivity contribution in [2.75, 3.05) is 29.9 Å². The third-order valence-corrected chi connectivity index (χ3v) is 9.69. The Bertz CT molecular complexity index is 1660. The molecule has 1 aliphatic carbocycles. The molecule has 248 valence electrons. The number of rotatable bonds is 6. The molecular weight excluding hydrogens is 605 g/mol. The number of ether oxygens (including phenoxy) is 1. The predicted octanol–water partition coefficient (Wildman–Crippen LogP) is 5.23. The molecule has 4 aliphatic rings. The molecule has 46 heavy (non-hydrogen) atoms. The van der Waals surface area contributed by atoms with E-state index in [1.807, 2.05) is 10.7 Å². The van der Waals surface area contributed by atoms with E-state index in [1.165, 1.54) is 4.90 Å². The quantitative estimate of drug-likeness (QED) is 0.376. The van der Waals surface area contributed by atoms with Crippen molar-refractivity contribution in [2.24, 2.45) is 5.92 Å². The topological polar surface area (TPSA) is 131 Å². The number of alkyl halides is 3. The largest absolute Gasteiger partial charge is 0.417 e. The van der Waals surface area contributed by atoms with Gasteiger partial charge in [-0.2, -0.15) is 23.4 Å². The van der Waals surface area contributed by atoms with Crippen molar-refractivity contribution in [3.8, 4) is 11.4 Å². The fraction of sp³-hybridized carbons (Fsp3) is 0.645. The van der Waals surface area contributed by atoms with Crippen LogP contribution in [0.25, 0.3) is 22.3 Å². The van der Waals surface area contributed by atoms with Crippen molar-refractivity contribution < 1.29 is 32.6 Å². The summed E-state index contributed by atoms with van der Waals surface area (Å²) in [6.07, 6.45) is 1.77. The molecule has 4 fully saturated rings. The molecule has 0 aromatic carbocycles. The van der Waals surface area contributed by atoms with Crippen molar-refractivity contribution in [1.82, 2.24) is 29.4 Å². The maximum absolute atomic E-state index is 13.7. The number of hydrogen-bond donors (Lipinski definition) is 2. The second kappa shape index (κ2) is 11.2. The number of urea groups is 1. The van der Waals surface area contributed by atoms with Crippen LogP contribution in [0.5, 0.6) is 0 Å². The molecule has 0 bridgehead atoms. The zero-order chi connectivity index (χ0) is 32.4. The van der Waals surface area contributed by atoms with Crippen molar-refractivity contribution in [2.45, 2.75) is 102 Å². The molecule has 3 aliphatic heterocycles. The van der Waals surface area contributed by atoms with Gasteiger partial charge in [0.05, 0.1) is 28.5 Å². The first-order valence-corrected chi connectivity index (χ1v) is 16.1. The van der Waals surface area contributed by atoms with Gasteiger partial charge in [-0.25, -0.2) is 9.48 Å². The number of pyridine rings is 1. The average Bonchev–Trinajstić information content (AvgIpc) is 3.29. The van der Waals surface area contributed by atoms with Crippen LogP contribution in [0, 0.1) is 5.92 Å². The lowest BCUT2D eigenvalue weighted by Crippen LogP contribution is -2.60. The summed E-state index contributed by atoms with van der Waals surface area (Å²) in [5, 5.41) is 23.7. The second-order valence-electron chi connectivity index (χ2n) is 13.6. The zero-order valence-corrected chi connectivity index (χ0v) is 26.0. The number of fused-ring (bicyclic) bond motifs is 1. The molecule has 3 aromatic heterocycles. The Hall–Kier alpha value is -3.72. The summed E-state index contributed by atoms with van der Waals surface area (Å²) in [4.78, 5) is 34.2. The maximum Gasteiger partial charge on any atom is 0.417 e. The lowest BCUT2D eigenvalue weighted by molar-refractivity contribution is -0.277. The Labute approximate surface area is 263 Å². The number of nitrogens with zero attached hydrogens (tertiary/aromatic N) is 7. The molecule has 2 unspecified atom stereocenters. The molecule has 1 spiro atoms. The van der Waals surface area contributed by atoms with E-state index < -0.39 is 36.2 Å². The number of nitrogens with one attached hydrogen (secondary N) is 1. The minimum absolute atomic E-state index is 0.0243. The number of halogens is 3. The van der Waals surface area contributed by atoms with Crippen LogP contribution in [0.3, 0.4) is 0 Å². The summed E-state index contributed by atoms with van der Waals surface area (Å²) >= 11 is 0. The van der Waals surface area contributed by atoms with E-state index in [4.69, 9.17) is 19.9 Å². The van der Waals surface area contributed by atoms with Gasteiger partial charge in [-0.05, 0) is 50.5 Å². The molecule has 3 aromatic rings. The van der Waals surface area contributed by atoms with Crippen molar-refractivity contribution >= 4 is 34.3 Å². The number of amides is 3. The monoisotopic (exact) mass is 644 g/mol. The Morgan fingerprint density at radius 3 is 2.63 bits per heavy atom. The molecular formula is C31H39F3N8O4. The number of aromatic nitrogens is 5. The van der Waals surface area contributed by atoms with Gasteiger partial charge in [0, 0.05) is 57.2 Å². The van der Waals surface area contributed by atoms with Crippen LogP contribution < -0.4 is 10.2 Å². The van der Waals surface area contributed by atoms with E-state index in [9.17, 15) is 27.9 Å². The van der Waals surface area contributed by atoms with Crippen molar-refractivity contribution in [1.29, 1.82) is 0 Å². The molecule has 6 heterocycles. The number of piperidine rings is 1. The van der Waals surface area contributed by atoms with Gasteiger partial charge in [0.2, 0.25) is 5.91 Å². The first-order valence-electron chi connectivity index (χ1n) is 16.1. The first kappa shape index (κ1) is 30.9. The molecule has 3 saturated heterocycles. The number of hydrogen-bond acceptors (Lipinski definition) is 7. The van der Waals surface area contributed by atoms with Crippen molar-refractivity contribution in [3.05, 3.63) is 18.5 Å². The highest BCUT2D eigenvalue weighted by Crippen LogP contribution is 2.55. The number of aliphatic hydroxyl groups is 1. The van der Waals surface area contributed by atoms with Crippen LogP contribution in [0.2, 0.25) is 0 Å². The summed E-state index contributed by atoms with van der Waals surface area (Å²) in [6, 6.07) is 1.30. The van der Waals surface area contributed by atoms with Gasteiger partial charge in [0.15, 0.2) is 11.4 Å². The third-order valence-electron chi connectivity index (χ3n) is 9.69. The molecule has 3 amide bonds. The lowest BCUT2D eigenvalue weighted by Gasteiger charge is -2.45. The summed E-state index contributed by atoms with van der Waals surface area (Å²) in [5.74, 6) is 0.871. The molecule has 1 saturated carbocycles. The smallest absolute Gasteiger partial charge is 0.380 e. The number of carbonyl (C=O) groups excluding carboxylic acids is 2. The summed E-state index contributed by atoms with van der Waals surface area (Å²) in [5.41, 5.74) is -1.89. The van der Waals surface area contributed by atoms with Crippen molar-refractivity contribution in [3.63, 3.8) is 0 Å².